The Balaban J connectivity index is 1.77. The van der Waals surface area contributed by atoms with E-state index in [2.05, 4.69) is 16.7 Å². The van der Waals surface area contributed by atoms with Crippen molar-refractivity contribution in [2.75, 3.05) is 28.4 Å². The average Bonchev–Trinajstić information content (AvgIpc) is 3.26. The van der Waals surface area contributed by atoms with Crippen LogP contribution in [0.3, 0.4) is 0 Å². The molecule has 0 saturated carbocycles. The van der Waals surface area contributed by atoms with Crippen molar-refractivity contribution in [3.8, 4) is 28.6 Å². The fraction of sp³-hybridized carbons (Fsp3) is 0.261. The van der Waals surface area contributed by atoms with Crippen molar-refractivity contribution in [2.45, 2.75) is 13.0 Å². The number of carbonyl (C=O) groups is 1. The molecule has 8 nitrogen and oxygen atoms in total. The SMILES string of the molecule is C=CCc1cc(C(=O)N(C)Cc2nc(-c3ccc(OC)cc3OC)no2)ccc1OC. The van der Waals surface area contributed by atoms with Crippen molar-refractivity contribution in [3.05, 3.63) is 66.1 Å². The standard InChI is InChI=1S/C23H25N3O5/c1-6-7-15-12-16(8-11-19(15)29-4)23(27)26(2)14-21-24-22(25-31-21)18-10-9-17(28-3)13-20(18)30-5/h6,8-13H,1,7,14H2,2-5H3. The van der Waals surface area contributed by atoms with Gasteiger partial charge in [0.05, 0.1) is 33.4 Å². The Hall–Kier alpha value is -3.81. The summed E-state index contributed by atoms with van der Waals surface area (Å²) in [5, 5.41) is 4.02. The lowest BCUT2D eigenvalue weighted by molar-refractivity contribution is 0.0769. The van der Waals surface area contributed by atoms with Gasteiger partial charge in [-0.25, -0.2) is 0 Å². The van der Waals surface area contributed by atoms with Gasteiger partial charge in [-0.05, 0) is 42.3 Å². The Labute approximate surface area is 181 Å². The lowest BCUT2D eigenvalue weighted by Crippen LogP contribution is -2.26. The molecule has 1 heterocycles. The summed E-state index contributed by atoms with van der Waals surface area (Å²) in [5.41, 5.74) is 2.09. The highest BCUT2D eigenvalue weighted by Crippen LogP contribution is 2.31. The molecule has 162 valence electrons. The summed E-state index contributed by atoms with van der Waals surface area (Å²) in [5.74, 6) is 2.44. The van der Waals surface area contributed by atoms with E-state index in [1.807, 2.05) is 0 Å². The Morgan fingerprint density at radius 1 is 1.10 bits per heavy atom. The fourth-order valence-corrected chi connectivity index (χ4v) is 3.13. The van der Waals surface area contributed by atoms with E-state index in [4.69, 9.17) is 18.7 Å². The molecule has 31 heavy (non-hydrogen) atoms. The molecule has 0 aliphatic heterocycles. The first-order valence-corrected chi connectivity index (χ1v) is 9.59. The topological polar surface area (TPSA) is 86.9 Å². The maximum Gasteiger partial charge on any atom is 0.254 e. The minimum atomic E-state index is -0.172. The number of ether oxygens (including phenoxy) is 3. The molecular weight excluding hydrogens is 398 g/mol. The zero-order valence-corrected chi connectivity index (χ0v) is 18.0. The quantitative estimate of drug-likeness (QED) is 0.484. The highest BCUT2D eigenvalue weighted by atomic mass is 16.5. The van der Waals surface area contributed by atoms with Crippen LogP contribution in [0.1, 0.15) is 21.8 Å². The third-order valence-electron chi connectivity index (χ3n) is 4.73. The van der Waals surface area contributed by atoms with E-state index in [9.17, 15) is 4.79 Å². The minimum Gasteiger partial charge on any atom is -0.497 e. The second-order valence-corrected chi connectivity index (χ2v) is 6.76. The fourth-order valence-electron chi connectivity index (χ4n) is 3.13. The first kappa shape index (κ1) is 21.9. The van der Waals surface area contributed by atoms with Gasteiger partial charge < -0.3 is 23.6 Å². The number of nitrogens with zero attached hydrogens (tertiary/aromatic N) is 3. The largest absolute Gasteiger partial charge is 0.497 e. The molecule has 0 spiro atoms. The molecule has 0 atom stereocenters. The van der Waals surface area contributed by atoms with Crippen molar-refractivity contribution in [1.82, 2.24) is 15.0 Å². The van der Waals surface area contributed by atoms with Gasteiger partial charge in [0, 0.05) is 18.7 Å². The summed E-state index contributed by atoms with van der Waals surface area (Å²) in [6, 6.07) is 10.6. The lowest BCUT2D eigenvalue weighted by atomic mass is 10.1. The summed E-state index contributed by atoms with van der Waals surface area (Å²) in [7, 11) is 6.41. The molecule has 0 unspecified atom stereocenters. The Morgan fingerprint density at radius 2 is 1.87 bits per heavy atom. The van der Waals surface area contributed by atoms with Crippen LogP contribution in [0.25, 0.3) is 11.4 Å². The maximum absolute atomic E-state index is 12.9. The second kappa shape index (κ2) is 9.80. The molecule has 2 aromatic carbocycles. The number of allylic oxidation sites excluding steroid dienone is 1. The Kier molecular flexibility index (Phi) is 6.92. The Bertz CT molecular complexity index is 1080. The van der Waals surface area contributed by atoms with E-state index in [1.54, 1.807) is 70.9 Å². The third kappa shape index (κ3) is 4.85. The summed E-state index contributed by atoms with van der Waals surface area (Å²) < 4.78 is 21.3. The van der Waals surface area contributed by atoms with Gasteiger partial charge >= 0.3 is 0 Å². The normalized spacial score (nSPS) is 10.5. The number of carbonyl (C=O) groups excluding carboxylic acids is 1. The van der Waals surface area contributed by atoms with Crippen molar-refractivity contribution in [3.63, 3.8) is 0 Å². The second-order valence-electron chi connectivity index (χ2n) is 6.76. The number of hydrogen-bond acceptors (Lipinski definition) is 7. The van der Waals surface area contributed by atoms with Crippen molar-refractivity contribution >= 4 is 5.91 Å². The third-order valence-corrected chi connectivity index (χ3v) is 4.73. The number of methoxy groups -OCH3 is 3. The van der Waals surface area contributed by atoms with Crippen LogP contribution < -0.4 is 14.2 Å². The molecule has 8 heteroatoms. The summed E-state index contributed by atoms with van der Waals surface area (Å²) in [4.78, 5) is 18.8. The summed E-state index contributed by atoms with van der Waals surface area (Å²) in [6.45, 7) is 3.91. The van der Waals surface area contributed by atoms with E-state index in [0.717, 1.165) is 5.56 Å². The summed E-state index contributed by atoms with van der Waals surface area (Å²) >= 11 is 0. The van der Waals surface area contributed by atoms with Crippen LogP contribution >= 0.6 is 0 Å². The number of benzene rings is 2. The molecule has 1 amide bonds. The molecule has 0 radical (unpaired) electrons. The Morgan fingerprint density at radius 3 is 2.55 bits per heavy atom. The zero-order valence-electron chi connectivity index (χ0n) is 18.0. The van der Waals surface area contributed by atoms with Crippen LogP contribution in [0.5, 0.6) is 17.2 Å². The lowest BCUT2D eigenvalue weighted by Gasteiger charge is -2.16. The number of rotatable bonds is 9. The van der Waals surface area contributed by atoms with Crippen molar-refractivity contribution in [2.24, 2.45) is 0 Å². The van der Waals surface area contributed by atoms with Crippen LogP contribution in [0.15, 0.2) is 53.6 Å². The van der Waals surface area contributed by atoms with E-state index in [-0.39, 0.29) is 12.5 Å². The predicted molar refractivity (Wildman–Crippen MR) is 116 cm³/mol. The smallest absolute Gasteiger partial charge is 0.254 e. The number of amides is 1. The highest BCUT2D eigenvalue weighted by molar-refractivity contribution is 5.94. The van der Waals surface area contributed by atoms with Gasteiger partial charge in [-0.2, -0.15) is 4.98 Å². The molecular formula is C23H25N3O5. The van der Waals surface area contributed by atoms with Gasteiger partial charge in [-0.1, -0.05) is 11.2 Å². The van der Waals surface area contributed by atoms with E-state index < -0.39 is 0 Å². The zero-order chi connectivity index (χ0) is 22.4. The van der Waals surface area contributed by atoms with Gasteiger partial charge in [-0.3, -0.25) is 4.79 Å². The van der Waals surface area contributed by atoms with Crippen LogP contribution in [0, 0.1) is 0 Å². The maximum atomic E-state index is 12.9. The van der Waals surface area contributed by atoms with Crippen LogP contribution in [0.4, 0.5) is 0 Å². The first-order chi connectivity index (χ1) is 15.0. The first-order valence-electron chi connectivity index (χ1n) is 9.59. The molecule has 3 aromatic rings. The van der Waals surface area contributed by atoms with Gasteiger partial charge in [0.15, 0.2) is 0 Å². The molecule has 0 bridgehead atoms. The molecule has 0 saturated heterocycles. The molecule has 3 rings (SSSR count). The predicted octanol–water partition coefficient (Wildman–Crippen LogP) is 3.76. The molecule has 0 fully saturated rings. The molecule has 0 aliphatic rings. The average molecular weight is 423 g/mol. The van der Waals surface area contributed by atoms with Crippen LogP contribution in [-0.4, -0.2) is 49.3 Å². The molecule has 1 aromatic heterocycles. The highest BCUT2D eigenvalue weighted by Gasteiger charge is 2.19. The van der Waals surface area contributed by atoms with Crippen LogP contribution in [-0.2, 0) is 13.0 Å². The van der Waals surface area contributed by atoms with Gasteiger partial charge in [0.25, 0.3) is 5.91 Å². The van der Waals surface area contributed by atoms with Gasteiger partial charge in [-0.15, -0.1) is 6.58 Å². The van der Waals surface area contributed by atoms with Crippen molar-refractivity contribution < 1.29 is 23.5 Å². The van der Waals surface area contributed by atoms with Crippen LogP contribution in [0.2, 0.25) is 0 Å². The summed E-state index contributed by atoms with van der Waals surface area (Å²) in [6.07, 6.45) is 2.37. The van der Waals surface area contributed by atoms with Gasteiger partial charge in [0.2, 0.25) is 11.7 Å². The van der Waals surface area contributed by atoms with E-state index in [0.29, 0.717) is 46.5 Å². The van der Waals surface area contributed by atoms with E-state index >= 15 is 0 Å². The monoisotopic (exact) mass is 423 g/mol. The van der Waals surface area contributed by atoms with E-state index in [1.165, 1.54) is 4.90 Å². The molecule has 0 N–H and O–H groups in total. The van der Waals surface area contributed by atoms with Crippen molar-refractivity contribution in [1.29, 1.82) is 0 Å². The van der Waals surface area contributed by atoms with Gasteiger partial charge in [0.1, 0.15) is 17.2 Å². The number of hydrogen-bond donors (Lipinski definition) is 0. The molecule has 0 aliphatic carbocycles. The number of aromatic nitrogens is 2. The minimum absolute atomic E-state index is 0.160.